The second-order valence-electron chi connectivity index (χ2n) is 9.10. The lowest BCUT2D eigenvalue weighted by atomic mass is 9.83. The number of carbonyl (C=O) groups excluding carboxylic acids is 1. The molecule has 188 valence electrons. The normalized spacial score (nSPS) is 18.1. The highest BCUT2D eigenvalue weighted by atomic mass is 28.4. The van der Waals surface area contributed by atoms with Crippen LogP contribution in [0.2, 0.25) is 19.1 Å². The van der Waals surface area contributed by atoms with Gasteiger partial charge in [-0.3, -0.25) is 4.79 Å². The van der Waals surface area contributed by atoms with Gasteiger partial charge < -0.3 is 29.1 Å². The molecule has 1 aromatic carbocycles. The van der Waals surface area contributed by atoms with Crippen molar-refractivity contribution in [3.8, 4) is 17.2 Å². The molecule has 2 rings (SSSR count). The summed E-state index contributed by atoms with van der Waals surface area (Å²) in [6.07, 6.45) is 5.89. The highest BCUT2D eigenvalue weighted by Gasteiger charge is 2.27. The van der Waals surface area contributed by atoms with E-state index in [0.29, 0.717) is 17.2 Å². The number of Topliss-reactive ketones (excluding diaryl/α,β-unsaturated/α-hetero) is 1. The van der Waals surface area contributed by atoms with E-state index in [2.05, 4.69) is 11.9 Å². The van der Waals surface area contributed by atoms with Gasteiger partial charge in [0.25, 0.3) is 0 Å². The van der Waals surface area contributed by atoms with Gasteiger partial charge in [0.15, 0.2) is 31.4 Å². The Kier molecular flexibility index (Phi) is 9.97. The Hall–Kier alpha value is -2.55. The van der Waals surface area contributed by atoms with Gasteiger partial charge in [0.2, 0.25) is 5.75 Å². The molecule has 0 aliphatic heterocycles. The monoisotopic (exact) mass is 489 g/mol. The van der Waals surface area contributed by atoms with E-state index in [4.69, 9.17) is 18.9 Å². The zero-order valence-electron chi connectivity index (χ0n) is 21.5. The first-order chi connectivity index (χ1) is 16.1. The first kappa shape index (κ1) is 27.7. The molecule has 1 aliphatic rings. The van der Waals surface area contributed by atoms with Gasteiger partial charge in [-0.1, -0.05) is 12.7 Å². The summed E-state index contributed by atoms with van der Waals surface area (Å²) < 4.78 is 22.3. The van der Waals surface area contributed by atoms with Crippen molar-refractivity contribution < 1.29 is 28.5 Å². The van der Waals surface area contributed by atoms with Crippen molar-refractivity contribution in [3.05, 3.63) is 47.3 Å². The van der Waals surface area contributed by atoms with Crippen molar-refractivity contribution in [1.29, 1.82) is 0 Å². The molecule has 0 spiro atoms. The number of benzene rings is 1. The molecule has 0 saturated carbocycles. The molecule has 1 atom stereocenters. The molecule has 0 bridgehead atoms. The molecule has 34 heavy (non-hydrogen) atoms. The number of carbonyl (C=O) groups is 1. The third kappa shape index (κ3) is 6.98. The molecule has 0 saturated heterocycles. The maximum atomic E-state index is 11.9. The van der Waals surface area contributed by atoms with Gasteiger partial charge in [-0.15, -0.1) is 0 Å². The number of methoxy groups -OCH3 is 4. The Labute approximate surface area is 204 Å². The van der Waals surface area contributed by atoms with E-state index in [1.807, 2.05) is 25.2 Å². The number of hydrogen-bond acceptors (Lipinski definition) is 7. The maximum absolute atomic E-state index is 11.9. The minimum Gasteiger partial charge on any atom is -0.493 e. The zero-order valence-corrected chi connectivity index (χ0v) is 22.5. The van der Waals surface area contributed by atoms with Crippen LogP contribution < -0.4 is 19.5 Å². The Morgan fingerprint density at radius 3 is 2.41 bits per heavy atom. The number of hydrogen-bond donors (Lipinski definition) is 2. The molecular weight excluding hydrogens is 450 g/mol. The van der Waals surface area contributed by atoms with E-state index in [1.165, 1.54) is 14.0 Å². The number of ketones is 1. The molecule has 0 amide bonds. The van der Waals surface area contributed by atoms with Crippen molar-refractivity contribution in [3.63, 3.8) is 0 Å². The van der Waals surface area contributed by atoms with Crippen LogP contribution in [0, 0.1) is 0 Å². The van der Waals surface area contributed by atoms with E-state index < -0.39 is 8.32 Å². The summed E-state index contributed by atoms with van der Waals surface area (Å²) in [4.78, 5) is 22.1. The molecule has 1 aliphatic carbocycles. The Balaban J connectivity index is 2.62. The van der Waals surface area contributed by atoms with Crippen LogP contribution in [0.25, 0.3) is 5.57 Å². The van der Waals surface area contributed by atoms with Gasteiger partial charge in [0.1, 0.15) is 0 Å². The Morgan fingerprint density at radius 2 is 1.88 bits per heavy atom. The van der Waals surface area contributed by atoms with Crippen molar-refractivity contribution in [2.45, 2.75) is 51.4 Å². The number of rotatable bonds is 10. The fraction of sp³-hybridized carbons (Fsp3) is 0.500. The quantitative estimate of drug-likeness (QED) is 0.288. The summed E-state index contributed by atoms with van der Waals surface area (Å²) in [5.74, 6) is 1.84. The van der Waals surface area contributed by atoms with Gasteiger partial charge in [-0.25, -0.2) is 0 Å². The minimum atomic E-state index is -2.13. The van der Waals surface area contributed by atoms with Gasteiger partial charge in [-0.05, 0) is 73.8 Å². The predicted molar refractivity (Wildman–Crippen MR) is 138 cm³/mol. The van der Waals surface area contributed by atoms with Gasteiger partial charge in [0, 0.05) is 18.5 Å². The number of ether oxygens (including phenoxy) is 4. The molecule has 0 radical (unpaired) electrons. The predicted octanol–water partition coefficient (Wildman–Crippen LogP) is 4.26. The molecule has 0 heterocycles. The summed E-state index contributed by atoms with van der Waals surface area (Å²) in [6, 6.07) is 2.90. The summed E-state index contributed by atoms with van der Waals surface area (Å²) in [5.41, 5.74) is 3.72. The van der Waals surface area contributed by atoms with Crippen molar-refractivity contribution in [2.75, 3.05) is 35.0 Å². The summed E-state index contributed by atoms with van der Waals surface area (Å²) in [6.45, 7) is 10.5. The lowest BCUT2D eigenvalue weighted by Crippen LogP contribution is -2.36. The van der Waals surface area contributed by atoms with Gasteiger partial charge >= 0.3 is 0 Å². The molecule has 7 nitrogen and oxygen atoms in total. The second kappa shape index (κ2) is 12.2. The van der Waals surface area contributed by atoms with E-state index in [9.17, 15) is 9.59 Å². The van der Waals surface area contributed by atoms with E-state index in [-0.39, 0.29) is 17.6 Å². The number of nitrogens with one attached hydrogen (secondary N) is 1. The standard InChI is InChI=1S/C26H39NO6Si/c1-17-15-19(27-13-14-34(7,8)29)9-10-21-22(20(17)11-12-23(30-3)18(2)28)16-24(31-4)26(33-6)25(21)32-5/h11-12,16,19,27,29H,1,9-10,13-15H2,2-8H3/b20-11+,23-12+/t19-/m0/s1. The van der Waals surface area contributed by atoms with Crippen LogP contribution >= 0.6 is 0 Å². The molecular formula is C26H39NO6Si. The van der Waals surface area contributed by atoms with Crippen molar-refractivity contribution in [1.82, 2.24) is 5.32 Å². The Morgan fingerprint density at radius 1 is 1.21 bits per heavy atom. The highest BCUT2D eigenvalue weighted by Crippen LogP contribution is 2.46. The van der Waals surface area contributed by atoms with Crippen LogP contribution in [0.1, 0.15) is 30.9 Å². The first-order valence-corrected chi connectivity index (χ1v) is 14.6. The van der Waals surface area contributed by atoms with E-state index >= 15 is 0 Å². The average molecular weight is 490 g/mol. The van der Waals surface area contributed by atoms with Crippen molar-refractivity contribution >= 4 is 19.7 Å². The first-order valence-electron chi connectivity index (χ1n) is 11.5. The summed E-state index contributed by atoms with van der Waals surface area (Å²) >= 11 is 0. The van der Waals surface area contributed by atoms with Crippen LogP contribution in [0.15, 0.2) is 36.1 Å². The third-order valence-electron chi connectivity index (χ3n) is 5.98. The van der Waals surface area contributed by atoms with Gasteiger partial charge in [0.05, 0.1) is 28.4 Å². The smallest absolute Gasteiger partial charge is 0.203 e. The van der Waals surface area contributed by atoms with Gasteiger partial charge in [-0.2, -0.15) is 0 Å². The topological polar surface area (TPSA) is 86.2 Å². The van der Waals surface area contributed by atoms with Crippen LogP contribution in [0.5, 0.6) is 17.2 Å². The van der Waals surface area contributed by atoms with Crippen LogP contribution in [-0.4, -0.2) is 59.9 Å². The lowest BCUT2D eigenvalue weighted by Gasteiger charge is -2.28. The maximum Gasteiger partial charge on any atom is 0.203 e. The second-order valence-corrected chi connectivity index (χ2v) is 13.2. The lowest BCUT2D eigenvalue weighted by molar-refractivity contribution is -0.116. The number of allylic oxidation sites excluding steroid dienone is 4. The summed E-state index contributed by atoms with van der Waals surface area (Å²) in [7, 11) is 4.16. The van der Waals surface area contributed by atoms with Crippen LogP contribution in [-0.2, 0) is 16.0 Å². The Bertz CT molecular complexity index is 961. The third-order valence-corrected chi connectivity index (χ3v) is 7.45. The molecule has 0 aromatic heterocycles. The van der Waals surface area contributed by atoms with Crippen LogP contribution in [0.3, 0.4) is 0 Å². The fourth-order valence-corrected chi connectivity index (χ4v) is 4.93. The molecule has 0 unspecified atom stereocenters. The summed E-state index contributed by atoms with van der Waals surface area (Å²) in [5, 5.41) is 3.61. The molecule has 8 heteroatoms. The largest absolute Gasteiger partial charge is 0.493 e. The molecule has 0 fully saturated rings. The average Bonchev–Trinajstić information content (AvgIpc) is 2.77. The van der Waals surface area contributed by atoms with Crippen LogP contribution in [0.4, 0.5) is 0 Å². The minimum absolute atomic E-state index is 0.156. The SMILES string of the molecule is C=C1C[C@@H](NCC[Si](C)(C)O)CCc2c(cc(OC)c(OC)c2OC)/C1=C/C=C(/OC)C(C)=O. The fourth-order valence-electron chi connectivity index (χ4n) is 4.17. The van der Waals surface area contributed by atoms with E-state index in [0.717, 1.165) is 54.1 Å². The highest BCUT2D eigenvalue weighted by molar-refractivity contribution is 6.69. The van der Waals surface area contributed by atoms with Crippen molar-refractivity contribution in [2.24, 2.45) is 0 Å². The zero-order chi connectivity index (χ0) is 25.5. The number of fused-ring (bicyclic) bond motifs is 1. The molecule has 2 N–H and O–H groups in total. The molecule has 1 aromatic rings. The van der Waals surface area contributed by atoms with E-state index in [1.54, 1.807) is 27.4 Å².